The molecule has 0 spiro atoms. The van der Waals surface area contributed by atoms with Crippen LogP contribution in [0.3, 0.4) is 0 Å². The average molecular weight is 555 g/mol. The van der Waals surface area contributed by atoms with Crippen molar-refractivity contribution < 1.29 is 51.3 Å². The molecule has 2 aromatic rings. The zero-order valence-electron chi connectivity index (χ0n) is 20.8. The number of nitrogens with zero attached hydrogens (tertiary/aromatic N) is 3. The highest BCUT2D eigenvalue weighted by Crippen LogP contribution is 2.36. The molecule has 0 bridgehead atoms. The maximum Gasteiger partial charge on any atom is 0.303 e. The Balaban J connectivity index is 2.12. The van der Waals surface area contributed by atoms with Crippen molar-refractivity contribution in [2.75, 3.05) is 6.61 Å². The number of carbonyl (C=O) groups excluding carboxylic acids is 4. The predicted molar refractivity (Wildman–Crippen MR) is 124 cm³/mol. The Morgan fingerprint density at radius 2 is 1.45 bits per heavy atom. The van der Waals surface area contributed by atoms with Crippen LogP contribution in [0.1, 0.15) is 33.9 Å². The first-order valence-corrected chi connectivity index (χ1v) is 12.7. The Kier molecular flexibility index (Phi) is 8.80. The van der Waals surface area contributed by atoms with E-state index in [2.05, 4.69) is 10.3 Å². The SMILES string of the molecule is CC(=O)OC[C@H]1O[C@@H](n2nncc2-c2ccc(S(N)(=O)=O)cc2)[C@H](OC(C)=O)[C@@H](OC(C)=O)[C@@H]1OC(C)=O. The van der Waals surface area contributed by atoms with Gasteiger partial charge in [-0.25, -0.2) is 18.2 Å². The molecule has 1 aliphatic rings. The van der Waals surface area contributed by atoms with E-state index in [4.69, 9.17) is 28.8 Å². The van der Waals surface area contributed by atoms with Crippen LogP contribution in [-0.4, -0.2) is 78.3 Å². The average Bonchev–Trinajstić information content (AvgIpc) is 3.29. The van der Waals surface area contributed by atoms with Crippen molar-refractivity contribution in [3.63, 3.8) is 0 Å². The minimum Gasteiger partial charge on any atom is -0.463 e. The molecule has 1 aromatic carbocycles. The number of ether oxygens (including phenoxy) is 5. The fourth-order valence-corrected chi connectivity index (χ4v) is 4.37. The van der Waals surface area contributed by atoms with E-state index in [1.165, 1.54) is 35.1 Å². The van der Waals surface area contributed by atoms with E-state index in [0.717, 1.165) is 27.7 Å². The normalized spacial score (nSPS) is 23.2. The summed E-state index contributed by atoms with van der Waals surface area (Å²) >= 11 is 0. The van der Waals surface area contributed by atoms with Crippen LogP contribution >= 0.6 is 0 Å². The first-order valence-electron chi connectivity index (χ1n) is 11.1. The van der Waals surface area contributed by atoms with E-state index in [9.17, 15) is 27.6 Å². The highest BCUT2D eigenvalue weighted by Gasteiger charge is 2.53. The maximum absolute atomic E-state index is 12.1. The quantitative estimate of drug-likeness (QED) is 0.333. The number of primary sulfonamides is 1. The van der Waals surface area contributed by atoms with Gasteiger partial charge in [0.15, 0.2) is 24.5 Å². The van der Waals surface area contributed by atoms with Crippen LogP contribution in [0.15, 0.2) is 35.4 Å². The van der Waals surface area contributed by atoms with Crippen LogP contribution < -0.4 is 5.14 Å². The van der Waals surface area contributed by atoms with Gasteiger partial charge >= 0.3 is 23.9 Å². The first-order chi connectivity index (χ1) is 17.8. The summed E-state index contributed by atoms with van der Waals surface area (Å²) in [5, 5.41) is 13.1. The molecule has 0 radical (unpaired) electrons. The summed E-state index contributed by atoms with van der Waals surface area (Å²) < 4.78 is 51.9. The Hall–Kier alpha value is -3.89. The predicted octanol–water partition coefficient (Wildman–Crippen LogP) is -0.152. The van der Waals surface area contributed by atoms with E-state index < -0.39 is 71.2 Å². The molecule has 1 aliphatic heterocycles. The van der Waals surface area contributed by atoms with Gasteiger partial charge in [0.25, 0.3) is 0 Å². The van der Waals surface area contributed by atoms with E-state index in [-0.39, 0.29) is 10.6 Å². The third kappa shape index (κ3) is 6.90. The highest BCUT2D eigenvalue weighted by molar-refractivity contribution is 7.89. The largest absolute Gasteiger partial charge is 0.463 e. The Morgan fingerprint density at radius 1 is 0.895 bits per heavy atom. The molecule has 1 fully saturated rings. The molecule has 0 saturated carbocycles. The number of rotatable bonds is 8. The first kappa shape index (κ1) is 28.7. The summed E-state index contributed by atoms with van der Waals surface area (Å²) in [6, 6.07) is 5.44. The molecule has 38 heavy (non-hydrogen) atoms. The standard InChI is InChI=1S/C22H26N4O11S/c1-11(27)33-10-18-19(34-12(2)28)20(35-13(3)29)21(36-14(4)30)22(37-18)26-17(9-24-25-26)15-5-7-16(8-6-15)38(23,31)32/h5-9,18-22H,10H2,1-4H3,(H2,23,31,32)/t18-,19-,20+,21-,22-/m1/s1. The molecular formula is C22H26N4O11S. The fraction of sp³-hybridized carbons (Fsp3) is 0.455. The molecule has 5 atom stereocenters. The lowest BCUT2D eigenvalue weighted by Gasteiger charge is -2.44. The van der Waals surface area contributed by atoms with Crippen LogP contribution in [-0.2, 0) is 52.9 Å². The third-order valence-corrected chi connectivity index (χ3v) is 6.19. The van der Waals surface area contributed by atoms with Gasteiger partial charge in [0.05, 0.1) is 16.8 Å². The van der Waals surface area contributed by atoms with Crippen molar-refractivity contribution in [2.45, 2.75) is 63.2 Å². The molecule has 16 heteroatoms. The number of esters is 4. The van der Waals surface area contributed by atoms with Crippen LogP contribution in [0.5, 0.6) is 0 Å². The van der Waals surface area contributed by atoms with Crippen molar-refractivity contribution in [1.29, 1.82) is 0 Å². The van der Waals surface area contributed by atoms with Crippen LogP contribution in [0.25, 0.3) is 11.3 Å². The van der Waals surface area contributed by atoms with Gasteiger partial charge in [-0.1, -0.05) is 17.3 Å². The molecular weight excluding hydrogens is 528 g/mol. The smallest absolute Gasteiger partial charge is 0.303 e. The molecule has 15 nitrogen and oxygen atoms in total. The van der Waals surface area contributed by atoms with Gasteiger partial charge in [-0.05, 0) is 12.1 Å². The van der Waals surface area contributed by atoms with Crippen molar-refractivity contribution in [3.8, 4) is 11.3 Å². The fourth-order valence-electron chi connectivity index (χ4n) is 3.86. The Morgan fingerprint density at radius 3 is 1.97 bits per heavy atom. The topological polar surface area (TPSA) is 205 Å². The van der Waals surface area contributed by atoms with Gasteiger partial charge in [0.2, 0.25) is 10.0 Å². The van der Waals surface area contributed by atoms with Crippen LogP contribution in [0.2, 0.25) is 0 Å². The highest BCUT2D eigenvalue weighted by atomic mass is 32.2. The molecule has 0 unspecified atom stereocenters. The lowest BCUT2D eigenvalue weighted by Crippen LogP contribution is -2.60. The molecule has 3 rings (SSSR count). The Bertz CT molecular complexity index is 1310. The van der Waals surface area contributed by atoms with Gasteiger partial charge in [0.1, 0.15) is 12.7 Å². The summed E-state index contributed by atoms with van der Waals surface area (Å²) in [5.74, 6) is -2.98. The Labute approximate surface area is 217 Å². The number of carbonyl (C=O) groups is 4. The zero-order valence-corrected chi connectivity index (χ0v) is 21.6. The lowest BCUT2D eigenvalue weighted by atomic mass is 9.97. The van der Waals surface area contributed by atoms with Crippen molar-refractivity contribution in [1.82, 2.24) is 15.0 Å². The molecule has 2 N–H and O–H groups in total. The molecule has 0 amide bonds. The minimum absolute atomic E-state index is 0.132. The van der Waals surface area contributed by atoms with Gasteiger partial charge in [-0.2, -0.15) is 0 Å². The monoisotopic (exact) mass is 554 g/mol. The number of hydrogen-bond donors (Lipinski definition) is 1. The molecule has 1 saturated heterocycles. The van der Waals surface area contributed by atoms with Gasteiger partial charge < -0.3 is 23.7 Å². The second-order valence-electron chi connectivity index (χ2n) is 8.22. The van der Waals surface area contributed by atoms with E-state index in [0.29, 0.717) is 5.56 Å². The summed E-state index contributed by atoms with van der Waals surface area (Å²) in [6.07, 6.45) is -5.32. The number of sulfonamides is 1. The van der Waals surface area contributed by atoms with Crippen LogP contribution in [0.4, 0.5) is 0 Å². The van der Waals surface area contributed by atoms with Crippen molar-refractivity contribution in [2.24, 2.45) is 5.14 Å². The van der Waals surface area contributed by atoms with Crippen LogP contribution in [0, 0.1) is 0 Å². The van der Waals surface area contributed by atoms with E-state index >= 15 is 0 Å². The summed E-state index contributed by atoms with van der Waals surface area (Å²) in [4.78, 5) is 47.3. The van der Waals surface area contributed by atoms with Gasteiger partial charge in [-0.15, -0.1) is 5.10 Å². The van der Waals surface area contributed by atoms with Gasteiger partial charge in [-0.3, -0.25) is 19.2 Å². The third-order valence-electron chi connectivity index (χ3n) is 5.26. The summed E-state index contributed by atoms with van der Waals surface area (Å²) in [7, 11) is -3.95. The lowest BCUT2D eigenvalue weighted by molar-refractivity contribution is -0.270. The molecule has 1 aromatic heterocycles. The van der Waals surface area contributed by atoms with E-state index in [1.54, 1.807) is 0 Å². The molecule has 206 valence electrons. The van der Waals surface area contributed by atoms with E-state index in [1.807, 2.05) is 0 Å². The number of benzene rings is 1. The second-order valence-corrected chi connectivity index (χ2v) is 9.78. The summed E-state index contributed by atoms with van der Waals surface area (Å²) in [5.41, 5.74) is 0.710. The summed E-state index contributed by atoms with van der Waals surface area (Å²) in [6.45, 7) is 4.08. The molecule has 0 aliphatic carbocycles. The zero-order chi connectivity index (χ0) is 28.2. The minimum atomic E-state index is -3.95. The molecule has 2 heterocycles. The number of aromatic nitrogens is 3. The van der Waals surface area contributed by atoms with Crippen molar-refractivity contribution in [3.05, 3.63) is 30.5 Å². The second kappa shape index (κ2) is 11.7. The van der Waals surface area contributed by atoms with Gasteiger partial charge in [0, 0.05) is 33.3 Å². The van der Waals surface area contributed by atoms with Crippen molar-refractivity contribution >= 4 is 33.9 Å². The number of hydrogen-bond acceptors (Lipinski definition) is 13. The maximum atomic E-state index is 12.1. The number of nitrogens with two attached hydrogens (primary N) is 1.